The molecule has 0 aromatic carbocycles. The molecule has 2 aromatic rings. The number of hydrogen-bond acceptors (Lipinski definition) is 3. The van der Waals surface area contributed by atoms with Crippen molar-refractivity contribution in [2.75, 3.05) is 13.1 Å². The van der Waals surface area contributed by atoms with E-state index in [2.05, 4.69) is 29.5 Å². The van der Waals surface area contributed by atoms with Crippen molar-refractivity contribution in [3.05, 3.63) is 47.5 Å². The molecular formula is C20H25N3O2. The monoisotopic (exact) mass is 339 g/mol. The average Bonchev–Trinajstić information content (AvgIpc) is 3.25. The number of amides is 1. The fourth-order valence-corrected chi connectivity index (χ4v) is 3.65. The molecule has 132 valence electrons. The molecule has 0 unspecified atom stereocenters. The minimum Gasteiger partial charge on any atom is -0.487 e. The van der Waals surface area contributed by atoms with Crippen LogP contribution in [0.2, 0.25) is 0 Å². The van der Waals surface area contributed by atoms with E-state index in [0.29, 0.717) is 6.54 Å². The Morgan fingerprint density at radius 2 is 2.16 bits per heavy atom. The standard InChI is InChI=1S/C20H25N3O2/c1-14-10-19(15(2)23(14)12-16-5-6-16)20(24)22-9-7-18(13-22)25-17-4-3-8-21-11-17/h3-4,8,10-11,16,18H,5-7,9,12-13H2,1-2H3/t18-/m1/s1. The largest absolute Gasteiger partial charge is 0.487 e. The van der Waals surface area contributed by atoms with Crippen LogP contribution in [0.3, 0.4) is 0 Å². The zero-order chi connectivity index (χ0) is 17.4. The summed E-state index contributed by atoms with van der Waals surface area (Å²) >= 11 is 0. The first-order chi connectivity index (χ1) is 12.1. The molecule has 5 heteroatoms. The van der Waals surface area contributed by atoms with Gasteiger partial charge in [0.15, 0.2) is 0 Å². The highest BCUT2D eigenvalue weighted by Crippen LogP contribution is 2.32. The molecule has 1 aliphatic carbocycles. The summed E-state index contributed by atoms with van der Waals surface area (Å²) in [7, 11) is 0. The molecule has 1 saturated carbocycles. The van der Waals surface area contributed by atoms with E-state index in [1.54, 1.807) is 12.4 Å². The molecular weight excluding hydrogens is 314 g/mol. The molecule has 3 heterocycles. The van der Waals surface area contributed by atoms with Crippen molar-refractivity contribution in [2.24, 2.45) is 5.92 Å². The highest BCUT2D eigenvalue weighted by Gasteiger charge is 2.31. The third-order valence-electron chi connectivity index (χ3n) is 5.31. The van der Waals surface area contributed by atoms with Crippen molar-refractivity contribution in [1.29, 1.82) is 0 Å². The van der Waals surface area contributed by atoms with Crippen molar-refractivity contribution in [3.63, 3.8) is 0 Å². The van der Waals surface area contributed by atoms with Crippen molar-refractivity contribution < 1.29 is 9.53 Å². The van der Waals surface area contributed by atoms with Crippen LogP contribution in [0.5, 0.6) is 5.75 Å². The molecule has 2 aromatic heterocycles. The third kappa shape index (κ3) is 3.41. The number of ether oxygens (including phenoxy) is 1. The summed E-state index contributed by atoms with van der Waals surface area (Å²) in [5.41, 5.74) is 3.14. The Morgan fingerprint density at radius 3 is 2.88 bits per heavy atom. The normalized spacial score (nSPS) is 20.1. The number of aryl methyl sites for hydroxylation is 1. The van der Waals surface area contributed by atoms with Gasteiger partial charge in [-0.05, 0) is 50.8 Å². The van der Waals surface area contributed by atoms with E-state index in [4.69, 9.17) is 4.74 Å². The SMILES string of the molecule is Cc1cc(C(=O)N2CC[C@@H](Oc3cccnc3)C2)c(C)n1CC1CC1. The number of nitrogens with zero attached hydrogens (tertiary/aromatic N) is 3. The number of likely N-dealkylation sites (tertiary alicyclic amines) is 1. The zero-order valence-corrected chi connectivity index (χ0v) is 14.9. The molecule has 1 saturated heterocycles. The van der Waals surface area contributed by atoms with Crippen LogP contribution >= 0.6 is 0 Å². The second kappa shape index (κ2) is 6.54. The number of hydrogen-bond donors (Lipinski definition) is 0. The Labute approximate surface area is 148 Å². The van der Waals surface area contributed by atoms with Gasteiger partial charge in [-0.1, -0.05) is 0 Å². The lowest BCUT2D eigenvalue weighted by molar-refractivity contribution is 0.0771. The van der Waals surface area contributed by atoms with Gasteiger partial charge in [0, 0.05) is 37.1 Å². The van der Waals surface area contributed by atoms with Gasteiger partial charge in [-0.2, -0.15) is 0 Å². The molecule has 2 fully saturated rings. The van der Waals surface area contributed by atoms with Crippen molar-refractivity contribution >= 4 is 5.91 Å². The summed E-state index contributed by atoms with van der Waals surface area (Å²) in [5.74, 6) is 1.70. The first kappa shape index (κ1) is 16.2. The molecule has 1 atom stereocenters. The number of aromatic nitrogens is 2. The molecule has 0 spiro atoms. The summed E-state index contributed by atoms with van der Waals surface area (Å²) in [6, 6.07) is 5.82. The summed E-state index contributed by atoms with van der Waals surface area (Å²) in [6.07, 6.45) is 6.99. The van der Waals surface area contributed by atoms with Crippen LogP contribution in [0.1, 0.15) is 41.0 Å². The van der Waals surface area contributed by atoms with Crippen LogP contribution < -0.4 is 4.74 Å². The predicted molar refractivity (Wildman–Crippen MR) is 95.8 cm³/mol. The molecule has 0 N–H and O–H groups in total. The fraction of sp³-hybridized carbons (Fsp3) is 0.500. The van der Waals surface area contributed by atoms with E-state index in [-0.39, 0.29) is 12.0 Å². The minimum atomic E-state index is 0.0445. The minimum absolute atomic E-state index is 0.0445. The predicted octanol–water partition coefficient (Wildman–Crippen LogP) is 3.20. The number of carbonyl (C=O) groups excluding carboxylic acids is 1. The highest BCUT2D eigenvalue weighted by molar-refractivity contribution is 5.96. The van der Waals surface area contributed by atoms with Crippen LogP contribution in [0.15, 0.2) is 30.6 Å². The second-order valence-electron chi connectivity index (χ2n) is 7.31. The van der Waals surface area contributed by atoms with Crippen LogP contribution in [0, 0.1) is 19.8 Å². The number of rotatable bonds is 5. The first-order valence-electron chi connectivity index (χ1n) is 9.14. The van der Waals surface area contributed by atoms with Gasteiger partial charge in [0.25, 0.3) is 5.91 Å². The Bertz CT molecular complexity index is 765. The summed E-state index contributed by atoms with van der Waals surface area (Å²) in [4.78, 5) is 19.0. The van der Waals surface area contributed by atoms with Crippen molar-refractivity contribution in [1.82, 2.24) is 14.5 Å². The van der Waals surface area contributed by atoms with E-state index in [1.807, 2.05) is 17.0 Å². The lowest BCUT2D eigenvalue weighted by Gasteiger charge is -2.17. The van der Waals surface area contributed by atoms with Gasteiger partial charge in [-0.25, -0.2) is 0 Å². The second-order valence-corrected chi connectivity index (χ2v) is 7.31. The molecule has 2 aliphatic rings. The molecule has 1 amide bonds. The van der Waals surface area contributed by atoms with Crippen LogP contribution in [-0.4, -0.2) is 39.6 Å². The number of pyridine rings is 1. The van der Waals surface area contributed by atoms with Gasteiger partial charge in [-0.15, -0.1) is 0 Å². The highest BCUT2D eigenvalue weighted by atomic mass is 16.5. The first-order valence-corrected chi connectivity index (χ1v) is 9.14. The molecule has 1 aliphatic heterocycles. The molecule has 25 heavy (non-hydrogen) atoms. The van der Waals surface area contributed by atoms with Crippen LogP contribution in [0.25, 0.3) is 0 Å². The van der Waals surface area contributed by atoms with Gasteiger partial charge < -0.3 is 14.2 Å². The molecule has 5 nitrogen and oxygen atoms in total. The Balaban J connectivity index is 1.43. The van der Waals surface area contributed by atoms with E-state index in [1.165, 1.54) is 18.5 Å². The van der Waals surface area contributed by atoms with Gasteiger partial charge >= 0.3 is 0 Å². The van der Waals surface area contributed by atoms with Crippen LogP contribution in [0.4, 0.5) is 0 Å². The summed E-state index contributed by atoms with van der Waals surface area (Å²) in [5, 5.41) is 0. The third-order valence-corrected chi connectivity index (χ3v) is 5.31. The Hall–Kier alpha value is -2.30. The lowest BCUT2D eigenvalue weighted by Crippen LogP contribution is -2.31. The number of carbonyl (C=O) groups is 1. The van der Waals surface area contributed by atoms with E-state index in [9.17, 15) is 4.79 Å². The van der Waals surface area contributed by atoms with Crippen molar-refractivity contribution in [2.45, 2.75) is 45.8 Å². The van der Waals surface area contributed by atoms with E-state index in [0.717, 1.165) is 42.4 Å². The summed E-state index contributed by atoms with van der Waals surface area (Å²) in [6.45, 7) is 6.61. The van der Waals surface area contributed by atoms with Gasteiger partial charge in [0.2, 0.25) is 0 Å². The van der Waals surface area contributed by atoms with E-state index >= 15 is 0 Å². The van der Waals surface area contributed by atoms with E-state index < -0.39 is 0 Å². The molecule has 4 rings (SSSR count). The fourth-order valence-electron chi connectivity index (χ4n) is 3.65. The average molecular weight is 339 g/mol. The smallest absolute Gasteiger partial charge is 0.255 e. The maximum absolute atomic E-state index is 13.0. The topological polar surface area (TPSA) is 47.4 Å². The lowest BCUT2D eigenvalue weighted by atomic mass is 10.2. The molecule has 0 radical (unpaired) electrons. The van der Waals surface area contributed by atoms with Crippen LogP contribution in [-0.2, 0) is 6.54 Å². The van der Waals surface area contributed by atoms with Crippen molar-refractivity contribution in [3.8, 4) is 5.75 Å². The Kier molecular flexibility index (Phi) is 4.24. The maximum Gasteiger partial charge on any atom is 0.255 e. The Morgan fingerprint density at radius 1 is 1.32 bits per heavy atom. The quantitative estimate of drug-likeness (QED) is 0.840. The zero-order valence-electron chi connectivity index (χ0n) is 14.9. The maximum atomic E-state index is 13.0. The molecule has 0 bridgehead atoms. The van der Waals surface area contributed by atoms with Gasteiger partial charge in [0.05, 0.1) is 18.3 Å². The summed E-state index contributed by atoms with van der Waals surface area (Å²) < 4.78 is 8.26. The van der Waals surface area contributed by atoms with Gasteiger partial charge in [0.1, 0.15) is 11.9 Å². The van der Waals surface area contributed by atoms with Gasteiger partial charge in [-0.3, -0.25) is 9.78 Å².